The molecule has 6 nitrogen and oxygen atoms in total. The lowest BCUT2D eigenvalue weighted by Gasteiger charge is -2.22. The molecule has 0 heterocycles. The first-order valence-electron chi connectivity index (χ1n) is 11.6. The van der Waals surface area contributed by atoms with Crippen LogP contribution >= 0.6 is 0 Å². The summed E-state index contributed by atoms with van der Waals surface area (Å²) in [6.45, 7) is 10.9. The van der Waals surface area contributed by atoms with E-state index in [4.69, 9.17) is 14.6 Å². The van der Waals surface area contributed by atoms with Crippen LogP contribution in [0.2, 0.25) is 0 Å². The number of carboxylic acid groups (broad SMARTS) is 1. The minimum Gasteiger partial charge on any atom is -0.481 e. The number of hydrogen-bond acceptors (Lipinski definition) is 5. The molecule has 34 heavy (non-hydrogen) atoms. The average molecular weight is 469 g/mol. The van der Waals surface area contributed by atoms with Gasteiger partial charge in [-0.2, -0.15) is 0 Å². The van der Waals surface area contributed by atoms with Gasteiger partial charge in [-0.1, -0.05) is 36.4 Å². The maximum atomic E-state index is 12.5. The van der Waals surface area contributed by atoms with Crippen molar-refractivity contribution in [2.75, 3.05) is 0 Å². The molecule has 184 valence electrons. The summed E-state index contributed by atoms with van der Waals surface area (Å²) in [5.74, 6) is -1.75. The van der Waals surface area contributed by atoms with Gasteiger partial charge in [-0.3, -0.25) is 9.59 Å². The topological polar surface area (TPSA) is 89.9 Å². The molecule has 0 fully saturated rings. The Kier molecular flexibility index (Phi) is 9.02. The molecule has 0 aliphatic heterocycles. The predicted octanol–water partition coefficient (Wildman–Crippen LogP) is 6.06. The molecule has 0 aliphatic rings. The zero-order valence-corrected chi connectivity index (χ0v) is 21.0. The maximum Gasteiger partial charge on any atom is 0.338 e. The van der Waals surface area contributed by atoms with Crippen molar-refractivity contribution in [3.05, 3.63) is 59.7 Å². The van der Waals surface area contributed by atoms with Crippen LogP contribution in [0, 0.1) is 5.92 Å². The number of carbonyl (C=O) groups excluding carboxylic acids is 2. The van der Waals surface area contributed by atoms with E-state index in [0.717, 1.165) is 16.7 Å². The number of hydrogen-bond donors (Lipinski definition) is 1. The monoisotopic (exact) mass is 468 g/mol. The molecule has 0 bridgehead atoms. The van der Waals surface area contributed by atoms with E-state index >= 15 is 0 Å². The summed E-state index contributed by atoms with van der Waals surface area (Å²) in [5.41, 5.74) is 2.09. The van der Waals surface area contributed by atoms with Crippen molar-refractivity contribution in [1.82, 2.24) is 0 Å². The molecule has 2 rings (SSSR count). The Morgan fingerprint density at radius 1 is 0.853 bits per heavy atom. The molecule has 0 radical (unpaired) electrons. The van der Waals surface area contributed by atoms with E-state index in [1.165, 1.54) is 0 Å². The molecule has 2 aromatic rings. The minimum atomic E-state index is -0.887. The van der Waals surface area contributed by atoms with E-state index in [1.807, 2.05) is 77.9 Å². The quantitative estimate of drug-likeness (QED) is 0.450. The van der Waals surface area contributed by atoms with Gasteiger partial charge in [-0.15, -0.1) is 0 Å². The maximum absolute atomic E-state index is 12.5. The van der Waals surface area contributed by atoms with Crippen molar-refractivity contribution < 1.29 is 29.0 Å². The van der Waals surface area contributed by atoms with E-state index in [9.17, 15) is 14.4 Å². The van der Waals surface area contributed by atoms with Crippen molar-refractivity contribution in [2.24, 2.45) is 5.92 Å². The summed E-state index contributed by atoms with van der Waals surface area (Å²) in [6, 6.07) is 15.1. The van der Waals surface area contributed by atoms with Gasteiger partial charge in [0.05, 0.1) is 5.56 Å². The summed E-state index contributed by atoms with van der Waals surface area (Å²) in [7, 11) is 0. The second-order valence-corrected chi connectivity index (χ2v) is 10.6. The molecule has 0 saturated heterocycles. The fourth-order valence-electron chi connectivity index (χ4n) is 3.60. The summed E-state index contributed by atoms with van der Waals surface area (Å²) < 4.78 is 10.9. The predicted molar refractivity (Wildman–Crippen MR) is 132 cm³/mol. The van der Waals surface area contributed by atoms with Crippen LogP contribution in [0.15, 0.2) is 48.5 Å². The van der Waals surface area contributed by atoms with E-state index in [-0.39, 0.29) is 30.7 Å². The fourth-order valence-corrected chi connectivity index (χ4v) is 3.60. The summed E-state index contributed by atoms with van der Waals surface area (Å²) in [4.78, 5) is 36.0. The summed E-state index contributed by atoms with van der Waals surface area (Å²) >= 11 is 0. The second kappa shape index (κ2) is 11.3. The van der Waals surface area contributed by atoms with Gasteiger partial charge in [0.25, 0.3) is 0 Å². The number of aliphatic carboxylic acids is 1. The molecule has 1 unspecified atom stereocenters. The van der Waals surface area contributed by atoms with Gasteiger partial charge >= 0.3 is 17.9 Å². The largest absolute Gasteiger partial charge is 0.481 e. The molecule has 1 atom stereocenters. The zero-order valence-electron chi connectivity index (χ0n) is 21.0. The molecule has 2 aromatic carbocycles. The number of ether oxygens (including phenoxy) is 2. The van der Waals surface area contributed by atoms with E-state index in [2.05, 4.69) is 0 Å². The lowest BCUT2D eigenvalue weighted by atomic mass is 9.90. The molecular formula is C28H36O6. The number of esters is 2. The normalized spacial score (nSPS) is 12.6. The van der Waals surface area contributed by atoms with Crippen molar-refractivity contribution in [3.63, 3.8) is 0 Å². The molecule has 0 aromatic heterocycles. The number of carboxylic acids is 1. The smallest absolute Gasteiger partial charge is 0.338 e. The number of carbonyl (C=O) groups is 3. The van der Waals surface area contributed by atoms with Crippen LogP contribution in [0.25, 0.3) is 11.1 Å². The van der Waals surface area contributed by atoms with Crippen LogP contribution < -0.4 is 0 Å². The summed E-state index contributed by atoms with van der Waals surface area (Å²) in [6.07, 6.45) is 1.08. The first kappa shape index (κ1) is 27.1. The van der Waals surface area contributed by atoms with Gasteiger partial charge in [-0.25, -0.2) is 4.79 Å². The van der Waals surface area contributed by atoms with Gasteiger partial charge in [-0.05, 0) is 89.1 Å². The lowest BCUT2D eigenvalue weighted by molar-refractivity contribution is -0.156. The van der Waals surface area contributed by atoms with Crippen LogP contribution in [0.4, 0.5) is 0 Å². The van der Waals surface area contributed by atoms with Crippen LogP contribution in [0.1, 0.15) is 76.7 Å². The molecule has 0 aliphatic carbocycles. The molecule has 6 heteroatoms. The Balaban J connectivity index is 2.21. The zero-order chi connectivity index (χ0) is 25.5. The van der Waals surface area contributed by atoms with E-state index in [1.54, 1.807) is 12.1 Å². The van der Waals surface area contributed by atoms with Crippen molar-refractivity contribution >= 4 is 17.9 Å². The standard InChI is InChI=1S/C28H36O6/c1-27(2,3)33-25(31)17-20(13-14-24(29)30)15-19-9-7-10-21(16-19)22-11-8-12-23(18-22)26(32)34-28(4,5)6/h7-12,16,18,20H,13-15,17H2,1-6H3,(H,29,30). The number of benzene rings is 2. The highest BCUT2D eigenvalue weighted by Gasteiger charge is 2.22. The number of rotatable bonds is 9. The Morgan fingerprint density at radius 2 is 1.44 bits per heavy atom. The molecule has 1 N–H and O–H groups in total. The van der Waals surface area contributed by atoms with Crippen LogP contribution in [-0.4, -0.2) is 34.2 Å². The molecule has 0 amide bonds. The third kappa shape index (κ3) is 9.77. The first-order chi connectivity index (χ1) is 15.7. The van der Waals surface area contributed by atoms with Crippen LogP contribution in [0.3, 0.4) is 0 Å². The molecular weight excluding hydrogens is 432 g/mol. The van der Waals surface area contributed by atoms with Gasteiger partial charge in [0.1, 0.15) is 11.2 Å². The highest BCUT2D eigenvalue weighted by atomic mass is 16.6. The highest BCUT2D eigenvalue weighted by Crippen LogP contribution is 2.26. The van der Waals surface area contributed by atoms with E-state index in [0.29, 0.717) is 18.4 Å². The van der Waals surface area contributed by atoms with Crippen molar-refractivity contribution in [3.8, 4) is 11.1 Å². The average Bonchev–Trinajstić information content (AvgIpc) is 2.69. The van der Waals surface area contributed by atoms with Crippen molar-refractivity contribution in [1.29, 1.82) is 0 Å². The third-order valence-corrected chi connectivity index (χ3v) is 4.92. The minimum absolute atomic E-state index is 0.00884. The van der Waals surface area contributed by atoms with Gasteiger partial charge in [0.2, 0.25) is 0 Å². The van der Waals surface area contributed by atoms with Crippen LogP contribution in [-0.2, 0) is 25.5 Å². The second-order valence-electron chi connectivity index (χ2n) is 10.6. The Labute approximate surface area is 202 Å². The third-order valence-electron chi connectivity index (χ3n) is 4.92. The Hall–Kier alpha value is -3.15. The fraction of sp³-hybridized carbons (Fsp3) is 0.464. The van der Waals surface area contributed by atoms with E-state index < -0.39 is 17.2 Å². The Morgan fingerprint density at radius 3 is 2.03 bits per heavy atom. The van der Waals surface area contributed by atoms with Gasteiger partial charge in [0.15, 0.2) is 0 Å². The molecule has 0 saturated carbocycles. The highest BCUT2D eigenvalue weighted by molar-refractivity contribution is 5.91. The van der Waals surface area contributed by atoms with Crippen LogP contribution in [0.5, 0.6) is 0 Å². The molecule has 0 spiro atoms. The van der Waals surface area contributed by atoms with Crippen molar-refractivity contribution in [2.45, 2.75) is 78.4 Å². The first-order valence-corrected chi connectivity index (χ1v) is 11.6. The SMILES string of the molecule is CC(C)(C)OC(=O)CC(CCC(=O)O)Cc1cccc(-c2cccc(C(=O)OC(C)(C)C)c2)c1. The Bertz CT molecular complexity index is 1010. The lowest BCUT2D eigenvalue weighted by Crippen LogP contribution is -2.26. The summed E-state index contributed by atoms with van der Waals surface area (Å²) in [5, 5.41) is 9.13. The van der Waals surface area contributed by atoms with Gasteiger partial charge < -0.3 is 14.6 Å². The van der Waals surface area contributed by atoms with Gasteiger partial charge in [0, 0.05) is 12.8 Å².